The van der Waals surface area contributed by atoms with Gasteiger partial charge < -0.3 is 5.32 Å². The molecule has 1 saturated carbocycles. The second-order valence-corrected chi connectivity index (χ2v) is 4.55. The minimum atomic E-state index is -0.654. The minimum absolute atomic E-state index is 0.142. The molecule has 1 amide bonds. The fourth-order valence-corrected chi connectivity index (χ4v) is 2.21. The lowest BCUT2D eigenvalue weighted by molar-refractivity contribution is -0.125. The summed E-state index contributed by atoms with van der Waals surface area (Å²) in [5.41, 5.74) is -0.654. The zero-order valence-electron chi connectivity index (χ0n) is 9.89. The van der Waals surface area contributed by atoms with E-state index in [4.69, 9.17) is 0 Å². The Kier molecular flexibility index (Phi) is 3.14. The molecule has 0 saturated heterocycles. The molecule has 1 N–H and O–H groups in total. The van der Waals surface area contributed by atoms with Crippen LogP contribution in [0.15, 0.2) is 18.5 Å². The Bertz CT molecular complexity index is 426. The van der Waals surface area contributed by atoms with Crippen molar-refractivity contribution in [2.24, 2.45) is 0 Å². The first-order chi connectivity index (χ1) is 8.17. The van der Waals surface area contributed by atoms with Gasteiger partial charge in [-0.3, -0.25) is 9.48 Å². The van der Waals surface area contributed by atoms with Crippen LogP contribution in [0.4, 0.5) is 0 Å². The SMILES string of the molecule is CC(C(=O)NC1(C#N)CCCC1)n1cccn1. The van der Waals surface area contributed by atoms with Gasteiger partial charge in [-0.25, -0.2) is 0 Å². The first kappa shape index (κ1) is 11.6. The molecule has 5 heteroatoms. The van der Waals surface area contributed by atoms with Gasteiger partial charge in [0.1, 0.15) is 11.6 Å². The third kappa shape index (κ3) is 2.31. The lowest BCUT2D eigenvalue weighted by atomic mass is 9.99. The van der Waals surface area contributed by atoms with Crippen molar-refractivity contribution >= 4 is 5.91 Å². The van der Waals surface area contributed by atoms with Crippen molar-refractivity contribution in [3.63, 3.8) is 0 Å². The summed E-state index contributed by atoms with van der Waals surface area (Å²) in [4.78, 5) is 12.0. The zero-order valence-corrected chi connectivity index (χ0v) is 9.89. The monoisotopic (exact) mass is 232 g/mol. The molecule has 1 unspecified atom stereocenters. The molecule has 0 bridgehead atoms. The topological polar surface area (TPSA) is 70.7 Å². The minimum Gasteiger partial charge on any atom is -0.336 e. The van der Waals surface area contributed by atoms with Crippen LogP contribution in [0.25, 0.3) is 0 Å². The van der Waals surface area contributed by atoms with Gasteiger partial charge in [-0.15, -0.1) is 0 Å². The molecule has 5 nitrogen and oxygen atoms in total. The van der Waals surface area contributed by atoms with Crippen LogP contribution in [-0.2, 0) is 4.79 Å². The quantitative estimate of drug-likeness (QED) is 0.856. The number of carbonyl (C=O) groups excluding carboxylic acids is 1. The molecule has 0 aliphatic heterocycles. The number of aromatic nitrogens is 2. The molecular weight excluding hydrogens is 216 g/mol. The molecule has 2 rings (SSSR count). The number of hydrogen-bond acceptors (Lipinski definition) is 3. The number of nitrogens with zero attached hydrogens (tertiary/aromatic N) is 3. The van der Waals surface area contributed by atoms with Crippen molar-refractivity contribution in [1.29, 1.82) is 5.26 Å². The fourth-order valence-electron chi connectivity index (χ4n) is 2.21. The molecular formula is C12H16N4O. The van der Waals surface area contributed by atoms with Gasteiger partial charge in [-0.05, 0) is 38.7 Å². The fraction of sp³-hybridized carbons (Fsp3) is 0.583. The van der Waals surface area contributed by atoms with Gasteiger partial charge in [-0.1, -0.05) is 0 Å². The summed E-state index contributed by atoms with van der Waals surface area (Å²) in [6, 6.07) is 3.65. The maximum absolute atomic E-state index is 12.0. The van der Waals surface area contributed by atoms with Crippen LogP contribution in [0.2, 0.25) is 0 Å². The zero-order chi connectivity index (χ0) is 12.3. The van der Waals surface area contributed by atoms with Gasteiger partial charge in [0.15, 0.2) is 0 Å². The summed E-state index contributed by atoms with van der Waals surface area (Å²) in [5, 5.41) is 16.1. The van der Waals surface area contributed by atoms with Crippen molar-refractivity contribution in [2.45, 2.75) is 44.2 Å². The van der Waals surface area contributed by atoms with E-state index in [0.717, 1.165) is 25.7 Å². The number of nitriles is 1. The first-order valence-electron chi connectivity index (χ1n) is 5.89. The Morgan fingerprint density at radius 3 is 2.82 bits per heavy atom. The Balaban J connectivity index is 2.04. The second kappa shape index (κ2) is 4.58. The standard InChI is InChI=1S/C12H16N4O/c1-10(16-8-4-7-14-16)11(17)15-12(9-13)5-2-3-6-12/h4,7-8,10H,2-3,5-6H2,1H3,(H,15,17). The largest absolute Gasteiger partial charge is 0.336 e. The third-order valence-electron chi connectivity index (χ3n) is 3.33. The number of hydrogen-bond donors (Lipinski definition) is 1. The molecule has 0 aromatic carbocycles. The van der Waals surface area contributed by atoms with Gasteiger partial charge in [0, 0.05) is 12.4 Å². The van der Waals surface area contributed by atoms with Crippen LogP contribution in [0, 0.1) is 11.3 Å². The van der Waals surface area contributed by atoms with E-state index < -0.39 is 5.54 Å². The molecule has 0 spiro atoms. The summed E-state index contributed by atoms with van der Waals surface area (Å²) in [6.45, 7) is 1.78. The van der Waals surface area contributed by atoms with Gasteiger partial charge in [-0.2, -0.15) is 10.4 Å². The van der Waals surface area contributed by atoms with Crippen LogP contribution in [0.1, 0.15) is 38.6 Å². The van der Waals surface area contributed by atoms with E-state index in [1.54, 1.807) is 30.1 Å². The van der Waals surface area contributed by atoms with Crippen molar-refractivity contribution in [1.82, 2.24) is 15.1 Å². The van der Waals surface area contributed by atoms with E-state index in [1.807, 2.05) is 0 Å². The lowest BCUT2D eigenvalue weighted by Gasteiger charge is -2.24. The lowest BCUT2D eigenvalue weighted by Crippen LogP contribution is -2.47. The number of carbonyl (C=O) groups is 1. The van der Waals surface area contributed by atoms with Crippen LogP contribution in [0.5, 0.6) is 0 Å². The molecule has 1 aliphatic rings. The normalized spacial score (nSPS) is 19.5. The Morgan fingerprint density at radius 1 is 1.59 bits per heavy atom. The van der Waals surface area contributed by atoms with Gasteiger partial charge in [0.25, 0.3) is 0 Å². The third-order valence-corrected chi connectivity index (χ3v) is 3.33. The Labute approximate surface area is 100 Å². The van der Waals surface area contributed by atoms with Crippen LogP contribution in [-0.4, -0.2) is 21.2 Å². The highest BCUT2D eigenvalue weighted by Crippen LogP contribution is 2.29. The number of nitrogens with one attached hydrogen (secondary N) is 1. The first-order valence-corrected chi connectivity index (χ1v) is 5.89. The average molecular weight is 232 g/mol. The Morgan fingerprint density at radius 2 is 2.29 bits per heavy atom. The molecule has 1 aromatic heterocycles. The van der Waals surface area contributed by atoms with Crippen molar-refractivity contribution in [3.8, 4) is 6.07 Å². The molecule has 90 valence electrons. The van der Waals surface area contributed by atoms with E-state index in [-0.39, 0.29) is 11.9 Å². The molecule has 1 atom stereocenters. The van der Waals surface area contributed by atoms with Crippen molar-refractivity contribution in [2.75, 3.05) is 0 Å². The maximum Gasteiger partial charge on any atom is 0.245 e. The predicted molar refractivity (Wildman–Crippen MR) is 61.9 cm³/mol. The van der Waals surface area contributed by atoms with E-state index in [9.17, 15) is 10.1 Å². The molecule has 0 radical (unpaired) electrons. The summed E-state index contributed by atoms with van der Waals surface area (Å²) >= 11 is 0. The van der Waals surface area contributed by atoms with Crippen LogP contribution >= 0.6 is 0 Å². The predicted octanol–water partition coefficient (Wildman–Crippen LogP) is 1.40. The second-order valence-electron chi connectivity index (χ2n) is 4.55. The van der Waals surface area contributed by atoms with Crippen LogP contribution in [0.3, 0.4) is 0 Å². The van der Waals surface area contributed by atoms with Gasteiger partial charge in [0.05, 0.1) is 6.07 Å². The van der Waals surface area contributed by atoms with Crippen LogP contribution < -0.4 is 5.32 Å². The molecule has 1 aliphatic carbocycles. The smallest absolute Gasteiger partial charge is 0.245 e. The highest BCUT2D eigenvalue weighted by molar-refractivity contribution is 5.81. The summed E-state index contributed by atoms with van der Waals surface area (Å²) in [6.07, 6.45) is 6.90. The highest BCUT2D eigenvalue weighted by Gasteiger charge is 2.36. The molecule has 17 heavy (non-hydrogen) atoms. The molecule has 1 fully saturated rings. The highest BCUT2D eigenvalue weighted by atomic mass is 16.2. The Hall–Kier alpha value is -1.83. The summed E-state index contributed by atoms with van der Waals surface area (Å²) < 4.78 is 1.59. The van der Waals surface area contributed by atoms with E-state index in [1.165, 1.54) is 0 Å². The summed E-state index contributed by atoms with van der Waals surface area (Å²) in [5.74, 6) is -0.142. The van der Waals surface area contributed by atoms with Crippen molar-refractivity contribution in [3.05, 3.63) is 18.5 Å². The molecule has 1 heterocycles. The summed E-state index contributed by atoms with van der Waals surface area (Å²) in [7, 11) is 0. The van der Waals surface area contributed by atoms with Gasteiger partial charge in [0.2, 0.25) is 5.91 Å². The van der Waals surface area contributed by atoms with E-state index in [0.29, 0.717) is 0 Å². The van der Waals surface area contributed by atoms with E-state index in [2.05, 4.69) is 16.5 Å². The number of rotatable bonds is 3. The van der Waals surface area contributed by atoms with Gasteiger partial charge >= 0.3 is 0 Å². The number of amides is 1. The average Bonchev–Trinajstić information content (AvgIpc) is 2.99. The molecule has 1 aromatic rings. The van der Waals surface area contributed by atoms with E-state index >= 15 is 0 Å². The maximum atomic E-state index is 12.0. The van der Waals surface area contributed by atoms with Crippen molar-refractivity contribution < 1.29 is 4.79 Å².